The van der Waals surface area contributed by atoms with Crippen molar-refractivity contribution < 1.29 is 38.7 Å². The maximum Gasteiger partial charge on any atom is 0.326 e. The first-order valence-corrected chi connectivity index (χ1v) is 17.1. The molecule has 6 amide bonds. The summed E-state index contributed by atoms with van der Waals surface area (Å²) in [5.41, 5.74) is 5.30. The summed E-state index contributed by atoms with van der Waals surface area (Å²) in [6.45, 7) is 11.6. The van der Waals surface area contributed by atoms with Gasteiger partial charge in [0, 0.05) is 0 Å². The van der Waals surface area contributed by atoms with Crippen molar-refractivity contribution in [3.8, 4) is 0 Å². The Morgan fingerprint density at radius 3 is 1.72 bits per heavy atom. The summed E-state index contributed by atoms with van der Waals surface area (Å²) in [7, 11) is 0. The number of nitrogens with two attached hydrogens (primary N) is 1. The number of hydrogen-bond donors (Lipinski definition) is 8. The summed E-state index contributed by atoms with van der Waals surface area (Å²) in [6.07, 6.45) is 3.31. The van der Waals surface area contributed by atoms with Crippen molar-refractivity contribution in [2.45, 2.75) is 104 Å². The molecule has 46 heavy (non-hydrogen) atoms. The van der Waals surface area contributed by atoms with Crippen molar-refractivity contribution in [1.82, 2.24) is 31.9 Å². The molecule has 0 radical (unpaired) electrons. The minimum Gasteiger partial charge on any atom is -0.480 e. The molecule has 0 spiro atoms. The van der Waals surface area contributed by atoms with Gasteiger partial charge in [-0.2, -0.15) is 11.8 Å². The van der Waals surface area contributed by atoms with E-state index in [0.717, 1.165) is 0 Å². The third-order valence-corrected chi connectivity index (χ3v) is 8.19. The standard InChI is InChI=1S/C30H55N7O8S/c1-9-17(5)24(37-29(43)25(18(6)10-2)36-26(40)19(7)33-22(38)14-31)28(42)32-15-23(39)34-21(13-16(3)4)27(41)35-20(30(44)45)11-12-46-8/h16-21,24-25H,9-15,31H2,1-8H3,(H,32,42)(H,33,38)(H,34,39)(H,35,41)(H,36,40)(H,37,43)(H,44,45). The van der Waals surface area contributed by atoms with Crippen molar-refractivity contribution in [3.63, 3.8) is 0 Å². The molecule has 0 aliphatic carbocycles. The first-order valence-electron chi connectivity index (χ1n) is 15.7. The Labute approximate surface area is 276 Å². The molecule has 7 atom stereocenters. The molecule has 0 saturated heterocycles. The van der Waals surface area contributed by atoms with Crippen LogP contribution in [0.2, 0.25) is 0 Å². The van der Waals surface area contributed by atoms with Crippen molar-refractivity contribution in [2.24, 2.45) is 23.5 Å². The Kier molecular flexibility index (Phi) is 20.5. The number of aliphatic carboxylic acids is 1. The number of amides is 6. The Morgan fingerprint density at radius 1 is 0.696 bits per heavy atom. The van der Waals surface area contributed by atoms with Crippen LogP contribution in [0.25, 0.3) is 0 Å². The molecule has 264 valence electrons. The van der Waals surface area contributed by atoms with Gasteiger partial charge in [-0.1, -0.05) is 54.4 Å². The van der Waals surface area contributed by atoms with E-state index >= 15 is 0 Å². The molecule has 7 unspecified atom stereocenters. The highest BCUT2D eigenvalue weighted by molar-refractivity contribution is 7.98. The van der Waals surface area contributed by atoms with Gasteiger partial charge in [0.15, 0.2) is 0 Å². The molecule has 15 nitrogen and oxygen atoms in total. The van der Waals surface area contributed by atoms with E-state index in [1.165, 1.54) is 18.7 Å². The Hall–Kier alpha value is -3.40. The molecule has 0 aromatic rings. The Bertz CT molecular complexity index is 1040. The number of carbonyl (C=O) groups excluding carboxylic acids is 6. The fourth-order valence-corrected chi connectivity index (χ4v) is 4.75. The average Bonchev–Trinajstić information content (AvgIpc) is 3.01. The normalized spacial score (nSPS) is 15.6. The molecule has 0 fully saturated rings. The Balaban J connectivity index is 5.61. The number of nitrogens with one attached hydrogen (secondary N) is 6. The summed E-state index contributed by atoms with van der Waals surface area (Å²) in [5, 5.41) is 24.9. The summed E-state index contributed by atoms with van der Waals surface area (Å²) in [6, 6.07) is -5.15. The largest absolute Gasteiger partial charge is 0.480 e. The summed E-state index contributed by atoms with van der Waals surface area (Å²) >= 11 is 1.45. The van der Waals surface area contributed by atoms with Gasteiger partial charge < -0.3 is 42.7 Å². The monoisotopic (exact) mass is 673 g/mol. The van der Waals surface area contributed by atoms with Crippen LogP contribution >= 0.6 is 11.8 Å². The summed E-state index contributed by atoms with van der Waals surface area (Å²) < 4.78 is 0. The second kappa shape index (κ2) is 22.2. The van der Waals surface area contributed by atoms with E-state index in [9.17, 15) is 38.7 Å². The van der Waals surface area contributed by atoms with Crippen molar-refractivity contribution in [2.75, 3.05) is 25.1 Å². The molecule has 0 rings (SSSR count). The molecule has 0 bridgehead atoms. The predicted molar refractivity (Wildman–Crippen MR) is 176 cm³/mol. The smallest absolute Gasteiger partial charge is 0.326 e. The van der Waals surface area contributed by atoms with Crippen LogP contribution in [0.4, 0.5) is 0 Å². The van der Waals surface area contributed by atoms with E-state index in [4.69, 9.17) is 5.73 Å². The van der Waals surface area contributed by atoms with E-state index in [1.54, 1.807) is 13.8 Å². The molecular formula is C30H55N7O8S. The molecule has 0 saturated carbocycles. The second-order valence-corrected chi connectivity index (χ2v) is 12.9. The topological polar surface area (TPSA) is 238 Å². The highest BCUT2D eigenvalue weighted by atomic mass is 32.2. The Morgan fingerprint density at radius 2 is 1.24 bits per heavy atom. The molecule has 0 aliphatic rings. The number of carbonyl (C=O) groups is 7. The van der Waals surface area contributed by atoms with Crippen LogP contribution in [-0.2, 0) is 33.6 Å². The van der Waals surface area contributed by atoms with E-state index < -0.39 is 78.2 Å². The third-order valence-electron chi connectivity index (χ3n) is 7.55. The van der Waals surface area contributed by atoms with Crippen LogP contribution in [0.1, 0.15) is 74.1 Å². The molecule has 0 aromatic carbocycles. The number of hydrogen-bond acceptors (Lipinski definition) is 9. The van der Waals surface area contributed by atoms with Gasteiger partial charge in [0.05, 0.1) is 13.1 Å². The zero-order valence-corrected chi connectivity index (χ0v) is 29.2. The molecule has 0 aromatic heterocycles. The van der Waals surface area contributed by atoms with E-state index in [1.807, 2.05) is 34.0 Å². The molecule has 16 heteroatoms. The maximum atomic E-state index is 13.4. The van der Waals surface area contributed by atoms with Gasteiger partial charge in [0.2, 0.25) is 35.4 Å². The molecular weight excluding hydrogens is 618 g/mol. The fraction of sp³-hybridized carbons (Fsp3) is 0.767. The van der Waals surface area contributed by atoms with Gasteiger partial charge in [0.1, 0.15) is 30.2 Å². The molecule has 0 heterocycles. The fourth-order valence-electron chi connectivity index (χ4n) is 4.28. The van der Waals surface area contributed by atoms with Crippen LogP contribution in [0.15, 0.2) is 0 Å². The van der Waals surface area contributed by atoms with Crippen molar-refractivity contribution >= 4 is 53.2 Å². The van der Waals surface area contributed by atoms with Crippen LogP contribution in [-0.4, -0.2) is 102 Å². The zero-order chi connectivity index (χ0) is 35.6. The first kappa shape index (κ1) is 42.6. The van der Waals surface area contributed by atoms with Gasteiger partial charge in [0.25, 0.3) is 0 Å². The van der Waals surface area contributed by atoms with Crippen LogP contribution in [0.5, 0.6) is 0 Å². The van der Waals surface area contributed by atoms with E-state index in [-0.39, 0.29) is 37.1 Å². The summed E-state index contributed by atoms with van der Waals surface area (Å²) in [5.74, 6) is -5.01. The lowest BCUT2D eigenvalue weighted by Gasteiger charge is -2.29. The highest BCUT2D eigenvalue weighted by Gasteiger charge is 2.33. The minimum absolute atomic E-state index is 0.0102. The lowest BCUT2D eigenvalue weighted by Crippen LogP contribution is -2.60. The average molecular weight is 674 g/mol. The lowest BCUT2D eigenvalue weighted by atomic mass is 9.94. The number of carboxylic acids is 1. The van der Waals surface area contributed by atoms with Gasteiger partial charge in [-0.3, -0.25) is 28.8 Å². The van der Waals surface area contributed by atoms with Crippen LogP contribution in [0.3, 0.4) is 0 Å². The number of carboxylic acid groups (broad SMARTS) is 1. The van der Waals surface area contributed by atoms with Gasteiger partial charge in [-0.05, 0) is 49.5 Å². The molecule has 9 N–H and O–H groups in total. The summed E-state index contributed by atoms with van der Waals surface area (Å²) in [4.78, 5) is 88.4. The highest BCUT2D eigenvalue weighted by Crippen LogP contribution is 2.13. The van der Waals surface area contributed by atoms with Crippen molar-refractivity contribution in [3.05, 3.63) is 0 Å². The lowest BCUT2D eigenvalue weighted by molar-refractivity contribution is -0.142. The van der Waals surface area contributed by atoms with E-state index in [0.29, 0.717) is 18.6 Å². The molecule has 0 aliphatic heterocycles. The SMILES string of the molecule is CCC(C)C(NC(=O)C(C)NC(=O)CN)C(=O)NC(C(=O)NCC(=O)NC(CC(C)C)C(=O)NC(CCSC)C(=O)O)C(C)CC. The first-order chi connectivity index (χ1) is 21.5. The quantitative estimate of drug-likeness (QED) is 0.0732. The maximum absolute atomic E-state index is 13.4. The third kappa shape index (κ3) is 15.7. The van der Waals surface area contributed by atoms with E-state index in [2.05, 4.69) is 31.9 Å². The zero-order valence-electron chi connectivity index (χ0n) is 28.4. The predicted octanol–water partition coefficient (Wildman–Crippen LogP) is -0.519. The van der Waals surface area contributed by atoms with Crippen LogP contribution in [0, 0.1) is 17.8 Å². The number of rotatable bonds is 22. The number of thioether (sulfide) groups is 1. The van der Waals surface area contributed by atoms with Gasteiger partial charge in [-0.25, -0.2) is 4.79 Å². The van der Waals surface area contributed by atoms with Gasteiger partial charge >= 0.3 is 5.97 Å². The second-order valence-electron chi connectivity index (χ2n) is 11.9. The minimum atomic E-state index is -1.18. The van der Waals surface area contributed by atoms with Gasteiger partial charge in [-0.15, -0.1) is 0 Å². The van der Waals surface area contributed by atoms with Crippen LogP contribution < -0.4 is 37.6 Å². The van der Waals surface area contributed by atoms with Crippen molar-refractivity contribution in [1.29, 1.82) is 0 Å².